The van der Waals surface area contributed by atoms with Crippen LogP contribution in [0.4, 0.5) is 0 Å². The Bertz CT molecular complexity index is 625. The second-order valence-electron chi connectivity index (χ2n) is 4.91. The fourth-order valence-electron chi connectivity index (χ4n) is 2.86. The van der Waals surface area contributed by atoms with Gasteiger partial charge in [-0.2, -0.15) is 0 Å². The Hall–Kier alpha value is -1.69. The number of benzene rings is 1. The van der Waals surface area contributed by atoms with Gasteiger partial charge < -0.3 is 4.74 Å². The van der Waals surface area contributed by atoms with Crippen molar-refractivity contribution in [1.29, 1.82) is 0 Å². The van der Waals surface area contributed by atoms with Gasteiger partial charge in [-0.25, -0.2) is 0 Å². The third-order valence-corrected chi connectivity index (χ3v) is 4.44. The lowest BCUT2D eigenvalue weighted by molar-refractivity contribution is -0.570. The van der Waals surface area contributed by atoms with E-state index in [0.717, 1.165) is 10.0 Å². The van der Waals surface area contributed by atoms with Crippen LogP contribution in [-0.4, -0.2) is 16.9 Å². The fourth-order valence-corrected chi connectivity index (χ4v) is 3.39. The average Bonchev–Trinajstić information content (AvgIpc) is 2.80. The van der Waals surface area contributed by atoms with Gasteiger partial charge in [0.05, 0.1) is 10.5 Å². The molecule has 2 aliphatic rings. The van der Waals surface area contributed by atoms with Crippen molar-refractivity contribution in [3.05, 3.63) is 55.7 Å². The van der Waals surface area contributed by atoms with Crippen molar-refractivity contribution < 1.29 is 14.5 Å². The topological polar surface area (TPSA) is 69.4 Å². The summed E-state index contributed by atoms with van der Waals surface area (Å²) < 4.78 is 6.22. The minimum atomic E-state index is -1.21. The molecule has 0 amide bonds. The number of carbonyl (C=O) groups is 1. The molecule has 0 unspecified atom stereocenters. The van der Waals surface area contributed by atoms with Crippen molar-refractivity contribution in [1.82, 2.24) is 0 Å². The maximum Gasteiger partial charge on any atom is 0.364 e. The van der Waals surface area contributed by atoms with Gasteiger partial charge in [-0.1, -0.05) is 34.1 Å². The molecule has 0 fully saturated rings. The molecule has 0 saturated heterocycles. The summed E-state index contributed by atoms with van der Waals surface area (Å²) in [6.07, 6.45) is 0.533. The van der Waals surface area contributed by atoms with E-state index in [2.05, 4.69) is 15.9 Å². The summed E-state index contributed by atoms with van der Waals surface area (Å²) in [6.45, 7) is 0. The van der Waals surface area contributed by atoms with Crippen LogP contribution in [-0.2, 0) is 9.53 Å². The van der Waals surface area contributed by atoms with E-state index in [0.29, 0.717) is 30.6 Å². The molecule has 104 valence electrons. The number of hydrogen-bond donors (Lipinski definition) is 0. The van der Waals surface area contributed by atoms with Gasteiger partial charge in [0, 0.05) is 17.3 Å². The predicted molar refractivity (Wildman–Crippen MR) is 74.6 cm³/mol. The lowest BCUT2D eigenvalue weighted by atomic mass is 9.84. The van der Waals surface area contributed by atoms with Crippen LogP contribution in [0.3, 0.4) is 0 Å². The molecule has 1 aromatic rings. The summed E-state index contributed by atoms with van der Waals surface area (Å²) in [5.74, 6) is -0.150. The molecule has 0 N–H and O–H groups in total. The van der Waals surface area contributed by atoms with Crippen molar-refractivity contribution in [3.8, 4) is 0 Å². The van der Waals surface area contributed by atoms with Crippen LogP contribution in [0.2, 0.25) is 0 Å². The molecule has 0 bridgehead atoms. The largest absolute Gasteiger partial charge is 0.433 e. The minimum Gasteiger partial charge on any atom is -0.433 e. The third kappa shape index (κ3) is 2.04. The van der Waals surface area contributed by atoms with E-state index in [-0.39, 0.29) is 5.78 Å². The quantitative estimate of drug-likeness (QED) is 0.613. The van der Waals surface area contributed by atoms with Crippen LogP contribution in [0, 0.1) is 10.1 Å². The van der Waals surface area contributed by atoms with E-state index in [1.807, 2.05) is 18.2 Å². The number of nitrogens with zero attached hydrogens (tertiary/aromatic N) is 1. The van der Waals surface area contributed by atoms with Gasteiger partial charge in [0.1, 0.15) is 11.7 Å². The van der Waals surface area contributed by atoms with Crippen LogP contribution in [0.1, 0.15) is 30.7 Å². The van der Waals surface area contributed by atoms with E-state index in [1.165, 1.54) is 0 Å². The van der Waals surface area contributed by atoms with Crippen LogP contribution < -0.4 is 0 Å². The number of Topliss-reactive ketones (excluding diaryl/α,β-unsaturated/α-hetero) is 1. The first-order valence-electron chi connectivity index (χ1n) is 6.40. The monoisotopic (exact) mass is 337 g/mol. The molecule has 0 aromatic heterocycles. The number of hydrogen-bond acceptors (Lipinski definition) is 4. The molecule has 20 heavy (non-hydrogen) atoms. The first-order chi connectivity index (χ1) is 9.59. The zero-order valence-corrected chi connectivity index (χ0v) is 12.1. The van der Waals surface area contributed by atoms with Gasteiger partial charge in [0.25, 0.3) is 0 Å². The standard InChI is InChI=1S/C14H12BrNO4/c15-9-5-2-1-4-8(9)12-13-10(17)6-3-7-11(13)20-14(12)16(18)19/h1-2,4-5,12,14H,3,6-7H2/t12-,14-/m0/s1. The minimum absolute atomic E-state index is 0.0312. The Morgan fingerprint density at radius 2 is 2.05 bits per heavy atom. The predicted octanol–water partition coefficient (Wildman–Crippen LogP) is 3.17. The molecule has 6 heteroatoms. The summed E-state index contributed by atoms with van der Waals surface area (Å²) in [5, 5.41) is 11.3. The Morgan fingerprint density at radius 3 is 2.75 bits per heavy atom. The third-order valence-electron chi connectivity index (χ3n) is 3.72. The molecule has 5 nitrogen and oxygen atoms in total. The van der Waals surface area contributed by atoms with Crippen molar-refractivity contribution in [2.75, 3.05) is 0 Å². The highest BCUT2D eigenvalue weighted by molar-refractivity contribution is 9.10. The lowest BCUT2D eigenvalue weighted by Gasteiger charge is -2.17. The van der Waals surface area contributed by atoms with E-state index in [9.17, 15) is 14.9 Å². The van der Waals surface area contributed by atoms with E-state index >= 15 is 0 Å². The van der Waals surface area contributed by atoms with Crippen LogP contribution in [0.15, 0.2) is 40.1 Å². The number of ether oxygens (including phenoxy) is 1. The van der Waals surface area contributed by atoms with E-state index in [1.54, 1.807) is 6.07 Å². The highest BCUT2D eigenvalue weighted by atomic mass is 79.9. The Balaban J connectivity index is 2.12. The number of rotatable bonds is 2. The fraction of sp³-hybridized carbons (Fsp3) is 0.357. The first-order valence-corrected chi connectivity index (χ1v) is 7.19. The molecule has 0 spiro atoms. The number of ketones is 1. The summed E-state index contributed by atoms with van der Waals surface area (Å²) in [4.78, 5) is 23.0. The number of nitro groups is 1. The number of carbonyl (C=O) groups excluding carboxylic acids is 1. The highest BCUT2D eigenvalue weighted by Crippen LogP contribution is 2.45. The lowest BCUT2D eigenvalue weighted by Crippen LogP contribution is -2.27. The molecule has 1 aromatic carbocycles. The van der Waals surface area contributed by atoms with E-state index in [4.69, 9.17) is 4.74 Å². The van der Waals surface area contributed by atoms with Gasteiger partial charge in [0.2, 0.25) is 0 Å². The smallest absolute Gasteiger partial charge is 0.364 e. The molecule has 1 heterocycles. The van der Waals surface area contributed by atoms with Crippen molar-refractivity contribution in [3.63, 3.8) is 0 Å². The highest BCUT2D eigenvalue weighted by Gasteiger charge is 2.49. The maximum absolute atomic E-state index is 12.2. The zero-order chi connectivity index (χ0) is 14.3. The van der Waals surface area contributed by atoms with Crippen LogP contribution in [0.5, 0.6) is 0 Å². The molecular formula is C14H12BrNO4. The average molecular weight is 338 g/mol. The second kappa shape index (κ2) is 5.01. The van der Waals surface area contributed by atoms with Gasteiger partial charge >= 0.3 is 6.23 Å². The normalized spacial score (nSPS) is 25.4. The van der Waals surface area contributed by atoms with Crippen molar-refractivity contribution >= 4 is 21.7 Å². The zero-order valence-electron chi connectivity index (χ0n) is 10.5. The SMILES string of the molecule is O=C1CCCC2=C1[C@H](c1ccccc1Br)[C@@H]([N+](=O)[O-])O2. The molecule has 2 atom stereocenters. The van der Waals surface area contributed by atoms with Crippen LogP contribution >= 0.6 is 15.9 Å². The van der Waals surface area contributed by atoms with Crippen molar-refractivity contribution in [2.24, 2.45) is 0 Å². The summed E-state index contributed by atoms with van der Waals surface area (Å²) in [6, 6.07) is 7.26. The van der Waals surface area contributed by atoms with Gasteiger partial charge in [0.15, 0.2) is 5.78 Å². The van der Waals surface area contributed by atoms with Gasteiger partial charge in [-0.05, 0) is 18.1 Å². The summed E-state index contributed by atoms with van der Waals surface area (Å²) in [5.41, 5.74) is 1.22. The summed E-state index contributed by atoms with van der Waals surface area (Å²) >= 11 is 3.41. The Labute approximate surface area is 123 Å². The van der Waals surface area contributed by atoms with Crippen LogP contribution in [0.25, 0.3) is 0 Å². The van der Waals surface area contributed by atoms with Gasteiger partial charge in [-0.3, -0.25) is 14.9 Å². The Morgan fingerprint density at radius 1 is 1.30 bits per heavy atom. The molecule has 1 aliphatic carbocycles. The van der Waals surface area contributed by atoms with Gasteiger partial charge in [-0.15, -0.1) is 0 Å². The van der Waals surface area contributed by atoms with Crippen molar-refractivity contribution in [2.45, 2.75) is 31.4 Å². The number of halogens is 1. The molecule has 0 saturated carbocycles. The van der Waals surface area contributed by atoms with E-state index < -0.39 is 17.1 Å². The maximum atomic E-state index is 12.2. The Kier molecular flexibility index (Phi) is 3.33. The molecule has 3 rings (SSSR count). The molecule has 0 radical (unpaired) electrons. The first kappa shape index (κ1) is 13.3. The summed E-state index contributed by atoms with van der Waals surface area (Å²) in [7, 11) is 0. The molecule has 1 aliphatic heterocycles. The second-order valence-corrected chi connectivity index (χ2v) is 5.76. The molecular weight excluding hydrogens is 326 g/mol. The number of allylic oxidation sites excluding steroid dienone is 1.